The average Bonchev–Trinajstić information content (AvgIpc) is 3.00. The van der Waals surface area contributed by atoms with E-state index < -0.39 is 5.97 Å². The summed E-state index contributed by atoms with van der Waals surface area (Å²) in [7, 11) is 0. The number of benzene rings is 4. The van der Waals surface area contributed by atoms with Crippen LogP contribution in [-0.4, -0.2) is 18.4 Å². The smallest absolute Gasteiger partial charge is 0.338 e. The predicted molar refractivity (Wildman–Crippen MR) is 168 cm³/mol. The Morgan fingerprint density at radius 3 is 1.57 bits per heavy atom. The highest BCUT2D eigenvalue weighted by Gasteiger charge is 2.13. The summed E-state index contributed by atoms with van der Waals surface area (Å²) in [6.45, 7) is 1.96. The molecule has 4 aromatic carbocycles. The zero-order valence-corrected chi connectivity index (χ0v) is 24.8. The van der Waals surface area contributed by atoms with E-state index in [1.807, 2.05) is 48.5 Å². The van der Waals surface area contributed by atoms with Crippen LogP contribution < -0.4 is 0 Å². The molecule has 0 aliphatic carbocycles. The largest absolute Gasteiger partial charge is 0.454 e. The molecule has 0 heterocycles. The third-order valence-corrected chi connectivity index (χ3v) is 7.72. The standard InChI is InChI=1S/C36H37BrO3/c1-2-3-4-5-6-7-8-9-27-10-12-28(13-11-27)30-16-20-33(21-17-30)36(39)40-26-35(38)32-18-14-29(15-19-32)31-22-24-34(37)25-23-31/h10-25H,2-9,26H2,1H3. The maximum Gasteiger partial charge on any atom is 0.338 e. The second-order valence-corrected chi connectivity index (χ2v) is 11.1. The number of halogens is 1. The molecule has 4 aromatic rings. The van der Waals surface area contributed by atoms with Crippen LogP contribution in [0.3, 0.4) is 0 Å². The molecule has 0 fully saturated rings. The van der Waals surface area contributed by atoms with Gasteiger partial charge in [0.05, 0.1) is 5.56 Å². The van der Waals surface area contributed by atoms with Crippen LogP contribution >= 0.6 is 15.9 Å². The second kappa shape index (κ2) is 15.3. The van der Waals surface area contributed by atoms with Crippen molar-refractivity contribution >= 4 is 27.7 Å². The van der Waals surface area contributed by atoms with Crippen molar-refractivity contribution in [1.29, 1.82) is 0 Å². The van der Waals surface area contributed by atoms with Crippen molar-refractivity contribution in [2.24, 2.45) is 0 Å². The Morgan fingerprint density at radius 1 is 0.575 bits per heavy atom. The Kier molecular flexibility index (Phi) is 11.3. The number of hydrogen-bond acceptors (Lipinski definition) is 3. The summed E-state index contributed by atoms with van der Waals surface area (Å²) in [5.74, 6) is -0.736. The highest BCUT2D eigenvalue weighted by molar-refractivity contribution is 9.10. The Bertz CT molecular complexity index is 1360. The lowest BCUT2D eigenvalue weighted by molar-refractivity contribution is 0.0475. The van der Waals surface area contributed by atoms with Gasteiger partial charge in [0.25, 0.3) is 0 Å². The van der Waals surface area contributed by atoms with E-state index in [2.05, 4.69) is 47.1 Å². The molecule has 0 saturated heterocycles. The van der Waals surface area contributed by atoms with Crippen molar-refractivity contribution < 1.29 is 14.3 Å². The minimum atomic E-state index is -0.503. The number of carbonyl (C=O) groups excluding carboxylic acids is 2. The van der Waals surface area contributed by atoms with Gasteiger partial charge in [-0.05, 0) is 64.9 Å². The fourth-order valence-electron chi connectivity index (χ4n) is 4.74. The van der Waals surface area contributed by atoms with E-state index in [1.165, 1.54) is 50.5 Å². The first-order valence-corrected chi connectivity index (χ1v) is 15.1. The summed E-state index contributed by atoms with van der Waals surface area (Å²) < 4.78 is 6.33. The van der Waals surface area contributed by atoms with Crippen LogP contribution in [0, 0.1) is 0 Å². The van der Waals surface area contributed by atoms with Gasteiger partial charge in [-0.25, -0.2) is 4.79 Å². The number of ketones is 1. The van der Waals surface area contributed by atoms with Gasteiger partial charge in [0.15, 0.2) is 12.4 Å². The third kappa shape index (κ3) is 8.76. The third-order valence-electron chi connectivity index (χ3n) is 7.20. The van der Waals surface area contributed by atoms with Gasteiger partial charge in [0, 0.05) is 10.0 Å². The Labute approximate surface area is 246 Å². The van der Waals surface area contributed by atoms with E-state index in [1.54, 1.807) is 24.3 Å². The predicted octanol–water partition coefficient (Wildman–Crippen LogP) is 10.1. The molecule has 0 spiro atoms. The monoisotopic (exact) mass is 596 g/mol. The van der Waals surface area contributed by atoms with Crippen molar-refractivity contribution in [3.63, 3.8) is 0 Å². The normalized spacial score (nSPS) is 10.8. The van der Waals surface area contributed by atoms with Crippen LogP contribution in [0.4, 0.5) is 0 Å². The highest BCUT2D eigenvalue weighted by Crippen LogP contribution is 2.23. The van der Waals surface area contributed by atoms with Crippen molar-refractivity contribution in [2.75, 3.05) is 6.61 Å². The summed E-state index contributed by atoms with van der Waals surface area (Å²) in [6.07, 6.45) is 10.4. The summed E-state index contributed by atoms with van der Waals surface area (Å²) in [6, 6.07) is 31.4. The lowest BCUT2D eigenvalue weighted by Crippen LogP contribution is -2.14. The molecular formula is C36H37BrO3. The molecule has 0 unspecified atom stereocenters. The first kappa shape index (κ1) is 29.5. The number of rotatable bonds is 14. The molecule has 0 bridgehead atoms. The number of carbonyl (C=O) groups is 2. The molecule has 3 nitrogen and oxygen atoms in total. The maximum atomic E-state index is 12.6. The number of esters is 1. The van der Waals surface area contributed by atoms with E-state index in [0.717, 1.165) is 33.1 Å². The van der Waals surface area contributed by atoms with Crippen LogP contribution in [0.1, 0.15) is 78.1 Å². The molecule has 0 amide bonds. The minimum absolute atomic E-state index is 0.232. The van der Waals surface area contributed by atoms with Gasteiger partial charge in [0.1, 0.15) is 0 Å². The van der Waals surface area contributed by atoms with Crippen molar-refractivity contribution in [1.82, 2.24) is 0 Å². The lowest BCUT2D eigenvalue weighted by Gasteiger charge is -2.08. The van der Waals surface area contributed by atoms with E-state index in [4.69, 9.17) is 4.74 Å². The average molecular weight is 598 g/mol. The first-order valence-electron chi connectivity index (χ1n) is 14.3. The van der Waals surface area contributed by atoms with Crippen LogP contribution in [0.25, 0.3) is 22.3 Å². The molecule has 0 aliphatic heterocycles. The van der Waals surface area contributed by atoms with Crippen molar-refractivity contribution in [2.45, 2.75) is 58.3 Å². The summed E-state index contributed by atoms with van der Waals surface area (Å²) in [4.78, 5) is 25.2. The molecule has 0 N–H and O–H groups in total. The zero-order chi connectivity index (χ0) is 28.2. The molecule has 206 valence electrons. The molecule has 0 atom stereocenters. The molecule has 0 saturated carbocycles. The summed E-state index contributed by atoms with van der Waals surface area (Å²) in [5.41, 5.74) is 6.55. The minimum Gasteiger partial charge on any atom is -0.454 e. The number of ether oxygens (including phenoxy) is 1. The van der Waals surface area contributed by atoms with Crippen LogP contribution in [-0.2, 0) is 11.2 Å². The molecule has 0 aromatic heterocycles. The maximum absolute atomic E-state index is 12.6. The summed E-state index contributed by atoms with van der Waals surface area (Å²) in [5, 5.41) is 0. The van der Waals surface area contributed by atoms with Gasteiger partial charge in [-0.3, -0.25) is 4.79 Å². The Morgan fingerprint density at radius 2 is 1.02 bits per heavy atom. The van der Waals surface area contributed by atoms with Gasteiger partial charge in [0.2, 0.25) is 0 Å². The van der Waals surface area contributed by atoms with E-state index in [0.29, 0.717) is 11.1 Å². The Hall–Kier alpha value is -3.50. The van der Waals surface area contributed by atoms with Gasteiger partial charge in [-0.1, -0.05) is 134 Å². The van der Waals surface area contributed by atoms with Crippen molar-refractivity contribution in [3.8, 4) is 22.3 Å². The molecule has 0 radical (unpaired) electrons. The number of hydrogen-bond donors (Lipinski definition) is 0. The zero-order valence-electron chi connectivity index (χ0n) is 23.2. The topological polar surface area (TPSA) is 43.4 Å². The summed E-state index contributed by atoms with van der Waals surface area (Å²) >= 11 is 3.44. The van der Waals surface area contributed by atoms with Gasteiger partial charge in [-0.2, -0.15) is 0 Å². The van der Waals surface area contributed by atoms with Crippen LogP contribution in [0.2, 0.25) is 0 Å². The fourth-order valence-corrected chi connectivity index (χ4v) is 5.00. The molecule has 4 rings (SSSR count). The van der Waals surface area contributed by atoms with E-state index >= 15 is 0 Å². The van der Waals surface area contributed by atoms with Crippen LogP contribution in [0.15, 0.2) is 102 Å². The number of unbranched alkanes of at least 4 members (excludes halogenated alkanes) is 6. The second-order valence-electron chi connectivity index (χ2n) is 10.2. The fraction of sp³-hybridized carbons (Fsp3) is 0.278. The molecule has 4 heteroatoms. The van der Waals surface area contributed by atoms with Gasteiger partial charge >= 0.3 is 5.97 Å². The number of aryl methyl sites for hydroxylation is 1. The van der Waals surface area contributed by atoms with E-state index in [-0.39, 0.29) is 12.4 Å². The van der Waals surface area contributed by atoms with Gasteiger partial charge in [-0.15, -0.1) is 0 Å². The quantitative estimate of drug-likeness (QED) is 0.0825. The lowest BCUT2D eigenvalue weighted by atomic mass is 10.00. The molecule has 0 aliphatic rings. The van der Waals surface area contributed by atoms with E-state index in [9.17, 15) is 9.59 Å². The highest BCUT2D eigenvalue weighted by atomic mass is 79.9. The first-order chi connectivity index (χ1) is 19.5. The van der Waals surface area contributed by atoms with Crippen LogP contribution in [0.5, 0.6) is 0 Å². The van der Waals surface area contributed by atoms with Gasteiger partial charge < -0.3 is 4.74 Å². The number of Topliss-reactive ketones (excluding diaryl/α,β-unsaturated/α-hetero) is 1. The SMILES string of the molecule is CCCCCCCCCc1ccc(-c2ccc(C(=O)OCC(=O)c3ccc(-c4ccc(Br)cc4)cc3)cc2)cc1. The molecule has 40 heavy (non-hydrogen) atoms. The van der Waals surface area contributed by atoms with Crippen molar-refractivity contribution in [3.05, 3.63) is 118 Å². The molecular weight excluding hydrogens is 560 g/mol. The Balaban J connectivity index is 1.23.